The molecule has 1 amide bonds. The third-order valence-electron chi connectivity index (χ3n) is 3.01. The van der Waals surface area contributed by atoms with Crippen LogP contribution in [-0.2, 0) is 4.79 Å². The van der Waals surface area contributed by atoms with Crippen LogP contribution in [0.15, 0.2) is 42.5 Å². The Morgan fingerprint density at radius 2 is 2.04 bits per heavy atom. The Morgan fingerprint density at radius 3 is 2.75 bits per heavy atom. The lowest BCUT2D eigenvalue weighted by Crippen LogP contribution is -2.19. The molecule has 0 saturated carbocycles. The zero-order valence-electron chi connectivity index (χ0n) is 12.1. The van der Waals surface area contributed by atoms with Crippen LogP contribution in [0.5, 0.6) is 5.75 Å². The first-order valence-electron chi connectivity index (χ1n) is 6.74. The van der Waals surface area contributed by atoms with Crippen LogP contribution in [0.4, 0.5) is 15.2 Å². The van der Waals surface area contributed by atoms with Gasteiger partial charge in [-0.2, -0.15) is 0 Å². The van der Waals surface area contributed by atoms with Gasteiger partial charge in [0, 0.05) is 12.1 Å². The molecule has 0 aliphatic heterocycles. The summed E-state index contributed by atoms with van der Waals surface area (Å²) in [6.07, 6.45) is 0. The van der Waals surface area contributed by atoms with Crippen molar-refractivity contribution in [2.75, 3.05) is 11.9 Å². The average Bonchev–Trinajstić information content (AvgIpc) is 2.95. The highest BCUT2D eigenvalue weighted by Crippen LogP contribution is 2.29. The Morgan fingerprint density at radius 1 is 1.29 bits per heavy atom. The van der Waals surface area contributed by atoms with Crippen molar-refractivity contribution in [1.29, 1.82) is 0 Å². The largest absolute Gasteiger partial charge is 0.484 e. The summed E-state index contributed by atoms with van der Waals surface area (Å²) in [5, 5.41) is 13.6. The van der Waals surface area contributed by atoms with Crippen LogP contribution in [0.1, 0.15) is 0 Å². The van der Waals surface area contributed by atoms with Gasteiger partial charge in [-0.05, 0) is 30.3 Å². The number of non-ortho nitro benzene ring substituents is 1. The van der Waals surface area contributed by atoms with E-state index in [1.54, 1.807) is 0 Å². The van der Waals surface area contributed by atoms with Gasteiger partial charge >= 0.3 is 0 Å². The smallest absolute Gasteiger partial charge is 0.270 e. The highest BCUT2D eigenvalue weighted by Gasteiger charge is 2.12. The fourth-order valence-corrected chi connectivity index (χ4v) is 2.83. The predicted molar refractivity (Wildman–Crippen MR) is 86.8 cm³/mol. The molecule has 1 N–H and O–H groups in total. The number of benzene rings is 2. The highest BCUT2D eigenvalue weighted by atomic mass is 32.1. The van der Waals surface area contributed by atoms with Crippen LogP contribution in [-0.4, -0.2) is 22.4 Å². The standard InChI is InChI=1S/C15H10FN3O4S/c16-9-1-4-11(5-2-9)23-8-14(20)18-15-17-12-6-3-10(19(21)22)7-13(12)24-15/h1-7H,8H2,(H,17,18,20). The fraction of sp³-hybridized carbons (Fsp3) is 0.0667. The number of hydrogen-bond acceptors (Lipinski definition) is 6. The molecule has 0 unspecified atom stereocenters. The van der Waals surface area contributed by atoms with Gasteiger partial charge in [-0.1, -0.05) is 11.3 Å². The molecule has 0 atom stereocenters. The molecule has 7 nitrogen and oxygen atoms in total. The summed E-state index contributed by atoms with van der Waals surface area (Å²) >= 11 is 1.13. The van der Waals surface area contributed by atoms with E-state index in [4.69, 9.17) is 4.74 Å². The van der Waals surface area contributed by atoms with Gasteiger partial charge in [0.15, 0.2) is 11.7 Å². The number of nitro benzene ring substituents is 1. The number of hydrogen-bond donors (Lipinski definition) is 1. The van der Waals surface area contributed by atoms with E-state index in [1.165, 1.54) is 42.5 Å². The third kappa shape index (κ3) is 3.63. The van der Waals surface area contributed by atoms with Gasteiger partial charge in [0.05, 0.1) is 15.1 Å². The zero-order chi connectivity index (χ0) is 17.1. The average molecular weight is 347 g/mol. The Balaban J connectivity index is 1.64. The minimum atomic E-state index is -0.492. The molecule has 0 fully saturated rings. The lowest BCUT2D eigenvalue weighted by Gasteiger charge is -2.05. The quantitative estimate of drug-likeness (QED) is 0.564. The number of fused-ring (bicyclic) bond motifs is 1. The molecule has 3 rings (SSSR count). The molecule has 9 heteroatoms. The van der Waals surface area contributed by atoms with E-state index < -0.39 is 16.6 Å². The number of carbonyl (C=O) groups is 1. The molecular formula is C15H10FN3O4S. The fourth-order valence-electron chi connectivity index (χ4n) is 1.92. The number of nitro groups is 1. The molecule has 24 heavy (non-hydrogen) atoms. The summed E-state index contributed by atoms with van der Waals surface area (Å²) < 4.78 is 18.6. The number of thiazole rings is 1. The first-order valence-corrected chi connectivity index (χ1v) is 7.56. The number of ether oxygens (including phenoxy) is 1. The summed E-state index contributed by atoms with van der Waals surface area (Å²) in [6, 6.07) is 9.57. The van der Waals surface area contributed by atoms with Crippen molar-refractivity contribution < 1.29 is 18.8 Å². The predicted octanol–water partition coefficient (Wildman–Crippen LogP) is 3.36. The lowest BCUT2D eigenvalue weighted by atomic mass is 10.3. The van der Waals surface area contributed by atoms with Crippen molar-refractivity contribution in [2.24, 2.45) is 0 Å². The van der Waals surface area contributed by atoms with Crippen LogP contribution in [0.3, 0.4) is 0 Å². The minimum absolute atomic E-state index is 0.0383. The monoisotopic (exact) mass is 347 g/mol. The summed E-state index contributed by atoms with van der Waals surface area (Å²) in [6.45, 7) is -0.262. The zero-order valence-corrected chi connectivity index (χ0v) is 12.9. The van der Waals surface area contributed by atoms with E-state index in [-0.39, 0.29) is 12.3 Å². The number of rotatable bonds is 5. The van der Waals surface area contributed by atoms with Crippen molar-refractivity contribution in [3.05, 3.63) is 58.4 Å². The van der Waals surface area contributed by atoms with Crippen molar-refractivity contribution in [2.45, 2.75) is 0 Å². The Hall–Kier alpha value is -3.07. The van der Waals surface area contributed by atoms with Gasteiger partial charge in [0.2, 0.25) is 0 Å². The number of halogens is 1. The maximum atomic E-state index is 12.8. The van der Waals surface area contributed by atoms with Crippen LogP contribution >= 0.6 is 11.3 Å². The van der Waals surface area contributed by atoms with Gasteiger partial charge in [0.25, 0.3) is 11.6 Å². The van der Waals surface area contributed by atoms with Gasteiger partial charge in [0.1, 0.15) is 11.6 Å². The number of amides is 1. The highest BCUT2D eigenvalue weighted by molar-refractivity contribution is 7.22. The number of anilines is 1. The lowest BCUT2D eigenvalue weighted by molar-refractivity contribution is -0.384. The Kier molecular flexibility index (Phi) is 4.34. The normalized spacial score (nSPS) is 10.5. The molecule has 1 aromatic heterocycles. The molecule has 0 aliphatic rings. The van der Waals surface area contributed by atoms with E-state index in [2.05, 4.69) is 10.3 Å². The molecule has 0 radical (unpaired) electrons. The van der Waals surface area contributed by atoms with Gasteiger partial charge in [-0.25, -0.2) is 9.37 Å². The molecule has 122 valence electrons. The molecule has 0 spiro atoms. The number of carbonyl (C=O) groups excluding carboxylic acids is 1. The maximum Gasteiger partial charge on any atom is 0.270 e. The van der Waals surface area contributed by atoms with Crippen LogP contribution in [0, 0.1) is 15.9 Å². The van der Waals surface area contributed by atoms with E-state index in [9.17, 15) is 19.3 Å². The molecular weight excluding hydrogens is 337 g/mol. The van der Waals surface area contributed by atoms with Crippen LogP contribution in [0.2, 0.25) is 0 Å². The van der Waals surface area contributed by atoms with Crippen LogP contribution in [0.25, 0.3) is 10.2 Å². The van der Waals surface area contributed by atoms with Gasteiger partial charge < -0.3 is 4.74 Å². The SMILES string of the molecule is O=C(COc1ccc(F)cc1)Nc1nc2ccc([N+](=O)[O-])cc2s1. The second-order valence-electron chi connectivity index (χ2n) is 4.72. The Labute approximate surface area is 138 Å². The number of nitrogens with zero attached hydrogens (tertiary/aromatic N) is 2. The maximum absolute atomic E-state index is 12.8. The topological polar surface area (TPSA) is 94.4 Å². The van der Waals surface area contributed by atoms with Crippen molar-refractivity contribution in [3.8, 4) is 5.75 Å². The molecule has 0 bridgehead atoms. The third-order valence-corrected chi connectivity index (χ3v) is 3.95. The second-order valence-corrected chi connectivity index (χ2v) is 5.75. The molecule has 0 aliphatic carbocycles. The van der Waals surface area contributed by atoms with Crippen molar-refractivity contribution in [1.82, 2.24) is 4.98 Å². The van der Waals surface area contributed by atoms with Gasteiger partial charge in [-0.3, -0.25) is 20.2 Å². The summed E-state index contributed by atoms with van der Waals surface area (Å²) in [4.78, 5) is 26.3. The molecule has 1 heterocycles. The summed E-state index contributed by atoms with van der Waals surface area (Å²) in [7, 11) is 0. The molecule has 2 aromatic carbocycles. The Bertz CT molecular complexity index is 911. The van der Waals surface area contributed by atoms with Crippen molar-refractivity contribution >= 4 is 38.3 Å². The first-order chi connectivity index (χ1) is 11.5. The van der Waals surface area contributed by atoms with Crippen LogP contribution < -0.4 is 10.1 Å². The number of aromatic nitrogens is 1. The van der Waals surface area contributed by atoms with Gasteiger partial charge in [-0.15, -0.1) is 0 Å². The number of nitrogens with one attached hydrogen (secondary N) is 1. The summed E-state index contributed by atoms with van der Waals surface area (Å²) in [5.41, 5.74) is 0.518. The minimum Gasteiger partial charge on any atom is -0.484 e. The first kappa shape index (κ1) is 15.8. The second kappa shape index (κ2) is 6.59. The molecule has 0 saturated heterocycles. The van der Waals surface area contributed by atoms with E-state index in [1.807, 2.05) is 0 Å². The molecule has 3 aromatic rings. The van der Waals surface area contributed by atoms with E-state index in [0.29, 0.717) is 21.1 Å². The van der Waals surface area contributed by atoms with E-state index in [0.717, 1.165) is 11.3 Å². The van der Waals surface area contributed by atoms with Crippen molar-refractivity contribution in [3.63, 3.8) is 0 Å². The van der Waals surface area contributed by atoms with E-state index >= 15 is 0 Å². The summed E-state index contributed by atoms with van der Waals surface area (Å²) in [5.74, 6) is -0.463.